The van der Waals surface area contributed by atoms with Crippen molar-refractivity contribution in [3.63, 3.8) is 0 Å². The Bertz CT molecular complexity index is 673. The Labute approximate surface area is 142 Å². The summed E-state index contributed by atoms with van der Waals surface area (Å²) in [5.41, 5.74) is 1.79. The second kappa shape index (κ2) is 7.29. The third-order valence-corrected chi connectivity index (χ3v) is 4.14. The molecule has 1 aromatic carbocycles. The Morgan fingerprint density at radius 1 is 1.25 bits per heavy atom. The van der Waals surface area contributed by atoms with E-state index < -0.39 is 0 Å². The van der Waals surface area contributed by atoms with Crippen LogP contribution in [0.1, 0.15) is 23.2 Å². The van der Waals surface area contributed by atoms with E-state index in [1.807, 2.05) is 48.2 Å². The third kappa shape index (κ3) is 3.82. The number of rotatable bonds is 4. The van der Waals surface area contributed by atoms with Crippen molar-refractivity contribution >= 4 is 11.6 Å². The van der Waals surface area contributed by atoms with Crippen molar-refractivity contribution in [2.45, 2.75) is 18.9 Å². The van der Waals surface area contributed by atoms with Crippen molar-refractivity contribution < 1.29 is 9.53 Å². The zero-order chi connectivity index (χ0) is 16.9. The minimum Gasteiger partial charge on any atom is -0.472 e. The van der Waals surface area contributed by atoms with E-state index in [1.165, 1.54) is 6.33 Å². The van der Waals surface area contributed by atoms with Crippen LogP contribution in [-0.2, 0) is 0 Å². The molecule has 1 atom stereocenters. The van der Waals surface area contributed by atoms with E-state index in [1.54, 1.807) is 12.3 Å². The van der Waals surface area contributed by atoms with Gasteiger partial charge in [-0.25, -0.2) is 9.97 Å². The van der Waals surface area contributed by atoms with Gasteiger partial charge in [0.15, 0.2) is 0 Å². The molecule has 6 nitrogen and oxygen atoms in total. The fourth-order valence-electron chi connectivity index (χ4n) is 2.82. The van der Waals surface area contributed by atoms with Crippen LogP contribution in [0.5, 0.6) is 5.88 Å². The van der Waals surface area contributed by atoms with Gasteiger partial charge in [-0.05, 0) is 37.1 Å². The zero-order valence-corrected chi connectivity index (χ0v) is 14.1. The first-order chi connectivity index (χ1) is 11.6. The number of likely N-dealkylation sites (tertiary alicyclic amines) is 1. The zero-order valence-electron chi connectivity index (χ0n) is 14.1. The smallest absolute Gasteiger partial charge is 0.253 e. The van der Waals surface area contributed by atoms with Crippen LogP contribution in [0.25, 0.3) is 0 Å². The molecule has 1 fully saturated rings. The molecule has 3 rings (SSSR count). The van der Waals surface area contributed by atoms with Crippen LogP contribution in [0.3, 0.4) is 0 Å². The predicted molar refractivity (Wildman–Crippen MR) is 92.4 cm³/mol. The lowest BCUT2D eigenvalue weighted by Gasteiger charge is -2.32. The van der Waals surface area contributed by atoms with Gasteiger partial charge in [0.05, 0.1) is 6.54 Å². The summed E-state index contributed by atoms with van der Waals surface area (Å²) in [6.45, 7) is 1.34. The van der Waals surface area contributed by atoms with Crippen LogP contribution in [0.2, 0.25) is 0 Å². The van der Waals surface area contributed by atoms with E-state index >= 15 is 0 Å². The Hall–Kier alpha value is -2.63. The molecule has 0 radical (unpaired) electrons. The summed E-state index contributed by atoms with van der Waals surface area (Å²) in [5, 5.41) is 0. The lowest BCUT2D eigenvalue weighted by atomic mass is 10.1. The average molecular weight is 326 g/mol. The molecule has 0 aliphatic carbocycles. The maximum absolute atomic E-state index is 12.7. The summed E-state index contributed by atoms with van der Waals surface area (Å²) < 4.78 is 5.87. The molecule has 1 amide bonds. The number of hydrogen-bond acceptors (Lipinski definition) is 5. The van der Waals surface area contributed by atoms with Crippen LogP contribution in [0.15, 0.2) is 42.9 Å². The number of benzene rings is 1. The SMILES string of the molecule is CN(C)c1ccc(C(=O)N2CCCC(Oc3ccncn3)C2)cc1. The summed E-state index contributed by atoms with van der Waals surface area (Å²) >= 11 is 0. The maximum atomic E-state index is 12.7. The number of ether oxygens (including phenoxy) is 1. The Kier molecular flexibility index (Phi) is 4.93. The molecular weight excluding hydrogens is 304 g/mol. The molecular formula is C18H22N4O2. The molecule has 126 valence electrons. The van der Waals surface area contributed by atoms with E-state index in [2.05, 4.69) is 9.97 Å². The van der Waals surface area contributed by atoms with Crippen LogP contribution in [0, 0.1) is 0 Å². The lowest BCUT2D eigenvalue weighted by Crippen LogP contribution is -2.44. The Morgan fingerprint density at radius 2 is 2.04 bits per heavy atom. The Balaban J connectivity index is 1.64. The van der Waals surface area contributed by atoms with Crippen molar-refractivity contribution in [2.24, 2.45) is 0 Å². The molecule has 1 aromatic heterocycles. The van der Waals surface area contributed by atoms with Crippen molar-refractivity contribution in [2.75, 3.05) is 32.1 Å². The standard InChI is InChI=1S/C18H22N4O2/c1-21(2)15-7-5-14(6-8-15)18(23)22-11-3-4-16(12-22)24-17-9-10-19-13-20-17/h5-10,13,16H,3-4,11-12H2,1-2H3. The Morgan fingerprint density at radius 3 is 2.71 bits per heavy atom. The van der Waals surface area contributed by atoms with E-state index in [-0.39, 0.29) is 12.0 Å². The first kappa shape index (κ1) is 16.2. The highest BCUT2D eigenvalue weighted by molar-refractivity contribution is 5.94. The highest BCUT2D eigenvalue weighted by atomic mass is 16.5. The molecule has 6 heteroatoms. The highest BCUT2D eigenvalue weighted by Gasteiger charge is 2.26. The lowest BCUT2D eigenvalue weighted by molar-refractivity contribution is 0.0527. The first-order valence-electron chi connectivity index (χ1n) is 8.13. The van der Waals surface area contributed by atoms with Gasteiger partial charge >= 0.3 is 0 Å². The van der Waals surface area contributed by atoms with E-state index in [0.717, 1.165) is 25.1 Å². The highest BCUT2D eigenvalue weighted by Crippen LogP contribution is 2.19. The minimum absolute atomic E-state index is 0.0290. The van der Waals surface area contributed by atoms with Gasteiger partial charge in [0.2, 0.25) is 5.88 Å². The molecule has 1 aliphatic heterocycles. The number of aromatic nitrogens is 2. The number of carbonyl (C=O) groups excluding carboxylic acids is 1. The van der Waals surface area contributed by atoms with Crippen molar-refractivity contribution in [1.29, 1.82) is 0 Å². The van der Waals surface area contributed by atoms with E-state index in [9.17, 15) is 4.79 Å². The monoisotopic (exact) mass is 326 g/mol. The van der Waals surface area contributed by atoms with Crippen molar-refractivity contribution in [1.82, 2.24) is 14.9 Å². The first-order valence-corrected chi connectivity index (χ1v) is 8.13. The fraction of sp³-hybridized carbons (Fsp3) is 0.389. The van der Waals surface area contributed by atoms with Crippen LogP contribution < -0.4 is 9.64 Å². The van der Waals surface area contributed by atoms with Crippen LogP contribution in [-0.4, -0.2) is 54.1 Å². The van der Waals surface area contributed by atoms with Gasteiger partial charge in [-0.2, -0.15) is 0 Å². The van der Waals surface area contributed by atoms with Crippen molar-refractivity contribution in [3.05, 3.63) is 48.4 Å². The van der Waals surface area contributed by atoms with Gasteiger partial charge in [-0.15, -0.1) is 0 Å². The second-order valence-electron chi connectivity index (χ2n) is 6.12. The summed E-state index contributed by atoms with van der Waals surface area (Å²) in [7, 11) is 3.97. The normalized spacial score (nSPS) is 17.4. The molecule has 2 aromatic rings. The molecule has 2 heterocycles. The summed E-state index contributed by atoms with van der Waals surface area (Å²) in [6, 6.07) is 9.43. The average Bonchev–Trinajstić information content (AvgIpc) is 2.62. The largest absolute Gasteiger partial charge is 0.472 e. The number of hydrogen-bond donors (Lipinski definition) is 0. The van der Waals surface area contributed by atoms with E-state index in [4.69, 9.17) is 4.74 Å². The molecule has 24 heavy (non-hydrogen) atoms. The number of piperidine rings is 1. The van der Waals surface area contributed by atoms with Gasteiger partial charge in [0.25, 0.3) is 5.91 Å². The van der Waals surface area contributed by atoms with Crippen LogP contribution >= 0.6 is 0 Å². The number of amides is 1. The minimum atomic E-state index is -0.0290. The second-order valence-corrected chi connectivity index (χ2v) is 6.12. The van der Waals surface area contributed by atoms with E-state index in [0.29, 0.717) is 18.0 Å². The number of nitrogens with zero attached hydrogens (tertiary/aromatic N) is 4. The summed E-state index contributed by atoms with van der Waals surface area (Å²) in [6.07, 6.45) is 4.94. The summed E-state index contributed by atoms with van der Waals surface area (Å²) in [5.74, 6) is 0.607. The molecule has 1 unspecified atom stereocenters. The molecule has 0 bridgehead atoms. The van der Waals surface area contributed by atoms with Gasteiger partial charge in [0.1, 0.15) is 12.4 Å². The number of anilines is 1. The summed E-state index contributed by atoms with van der Waals surface area (Å²) in [4.78, 5) is 24.6. The van der Waals surface area contributed by atoms with Gasteiger partial charge < -0.3 is 14.5 Å². The van der Waals surface area contributed by atoms with Gasteiger partial charge in [0, 0.05) is 44.2 Å². The maximum Gasteiger partial charge on any atom is 0.253 e. The number of carbonyl (C=O) groups is 1. The third-order valence-electron chi connectivity index (χ3n) is 4.14. The van der Waals surface area contributed by atoms with Gasteiger partial charge in [-0.3, -0.25) is 4.79 Å². The molecule has 0 spiro atoms. The van der Waals surface area contributed by atoms with Crippen LogP contribution in [0.4, 0.5) is 5.69 Å². The molecule has 0 N–H and O–H groups in total. The molecule has 0 saturated carbocycles. The molecule has 1 aliphatic rings. The quantitative estimate of drug-likeness (QED) is 0.862. The van der Waals surface area contributed by atoms with Crippen molar-refractivity contribution in [3.8, 4) is 5.88 Å². The topological polar surface area (TPSA) is 58.6 Å². The molecule has 1 saturated heterocycles. The fourth-order valence-corrected chi connectivity index (χ4v) is 2.82. The van der Waals surface area contributed by atoms with Gasteiger partial charge in [-0.1, -0.05) is 0 Å². The predicted octanol–water partition coefficient (Wildman–Crippen LogP) is 2.23.